The Morgan fingerprint density at radius 1 is 1.18 bits per heavy atom. The highest BCUT2D eigenvalue weighted by molar-refractivity contribution is 8.01. The Hall–Kier alpha value is -1.57. The molecule has 0 spiro atoms. The van der Waals surface area contributed by atoms with Crippen LogP contribution in [0.25, 0.3) is 10.2 Å². The van der Waals surface area contributed by atoms with Crippen LogP contribution in [-0.4, -0.2) is 19.2 Å². The van der Waals surface area contributed by atoms with Crippen molar-refractivity contribution in [1.82, 2.24) is 4.98 Å². The molecule has 3 rings (SSSR count). The maximum atomic E-state index is 12.4. The molecule has 114 valence electrons. The van der Waals surface area contributed by atoms with Gasteiger partial charge in [0, 0.05) is 5.69 Å². The number of hydrogen-bond donors (Lipinski definition) is 1. The lowest BCUT2D eigenvalue weighted by atomic mass is 10.3. The van der Waals surface area contributed by atoms with Crippen LogP contribution in [0.2, 0.25) is 0 Å². The molecule has 0 bridgehead atoms. The van der Waals surface area contributed by atoms with Gasteiger partial charge < -0.3 is 0 Å². The predicted molar refractivity (Wildman–Crippen MR) is 93.3 cm³/mol. The number of anilines is 1. The largest absolute Gasteiger partial charge is 0.280 e. The first-order valence-electron chi connectivity index (χ1n) is 6.70. The Kier molecular flexibility index (Phi) is 4.37. The molecule has 0 atom stereocenters. The lowest BCUT2D eigenvalue weighted by Gasteiger charge is -2.07. The van der Waals surface area contributed by atoms with E-state index in [-0.39, 0.29) is 4.90 Å². The summed E-state index contributed by atoms with van der Waals surface area (Å²) in [6, 6.07) is 13.9. The van der Waals surface area contributed by atoms with E-state index in [1.165, 1.54) is 11.3 Å². The fourth-order valence-electron chi connectivity index (χ4n) is 1.96. The number of sulfonamides is 1. The average molecular weight is 350 g/mol. The van der Waals surface area contributed by atoms with E-state index < -0.39 is 10.0 Å². The Bertz CT molecular complexity index is 890. The van der Waals surface area contributed by atoms with Crippen LogP contribution < -0.4 is 4.72 Å². The van der Waals surface area contributed by atoms with Crippen molar-refractivity contribution in [3.05, 3.63) is 48.5 Å². The number of rotatable bonds is 5. The molecule has 0 aliphatic carbocycles. The number of aromatic nitrogens is 1. The van der Waals surface area contributed by atoms with Crippen LogP contribution in [0, 0.1) is 0 Å². The van der Waals surface area contributed by atoms with Crippen molar-refractivity contribution in [1.29, 1.82) is 0 Å². The molecular formula is C15H14N2O2S3. The summed E-state index contributed by atoms with van der Waals surface area (Å²) in [6.45, 7) is 2.07. The molecule has 0 unspecified atom stereocenters. The third kappa shape index (κ3) is 3.26. The molecule has 4 nitrogen and oxygen atoms in total. The second-order valence-electron chi connectivity index (χ2n) is 4.51. The third-order valence-corrected chi connectivity index (χ3v) is 6.37. The highest BCUT2D eigenvalue weighted by Crippen LogP contribution is 2.31. The number of hydrogen-bond acceptors (Lipinski definition) is 5. The van der Waals surface area contributed by atoms with Gasteiger partial charge in [0.2, 0.25) is 0 Å². The van der Waals surface area contributed by atoms with E-state index in [0.29, 0.717) is 5.69 Å². The molecule has 1 heterocycles. The maximum Gasteiger partial charge on any atom is 0.261 e. The van der Waals surface area contributed by atoms with Crippen molar-refractivity contribution in [3.8, 4) is 0 Å². The molecule has 0 saturated heterocycles. The number of thioether (sulfide) groups is 1. The first-order valence-corrected chi connectivity index (χ1v) is 9.98. The number of thiazole rings is 1. The monoisotopic (exact) mass is 350 g/mol. The summed E-state index contributed by atoms with van der Waals surface area (Å²) in [7, 11) is -3.59. The van der Waals surface area contributed by atoms with Crippen molar-refractivity contribution in [2.75, 3.05) is 10.5 Å². The van der Waals surface area contributed by atoms with Gasteiger partial charge in [0.15, 0.2) is 4.34 Å². The van der Waals surface area contributed by atoms with Gasteiger partial charge in [-0.05, 0) is 36.1 Å². The van der Waals surface area contributed by atoms with E-state index >= 15 is 0 Å². The summed E-state index contributed by atoms with van der Waals surface area (Å²) in [5, 5.41) is 0. The van der Waals surface area contributed by atoms with Crippen LogP contribution >= 0.6 is 23.1 Å². The first kappa shape index (κ1) is 15.3. The highest BCUT2D eigenvalue weighted by atomic mass is 32.2. The van der Waals surface area contributed by atoms with E-state index in [2.05, 4.69) is 16.6 Å². The molecule has 0 aliphatic heterocycles. The molecule has 2 aromatic carbocycles. The minimum Gasteiger partial charge on any atom is -0.280 e. The van der Waals surface area contributed by atoms with Gasteiger partial charge in [-0.1, -0.05) is 36.9 Å². The maximum absolute atomic E-state index is 12.4. The zero-order chi connectivity index (χ0) is 15.6. The SMILES string of the molecule is CCSc1nc2ccc(S(=O)(=O)Nc3ccccc3)cc2s1. The van der Waals surface area contributed by atoms with Crippen LogP contribution in [0.5, 0.6) is 0 Å². The number of nitrogens with one attached hydrogen (secondary N) is 1. The van der Waals surface area contributed by atoms with Crippen LogP contribution in [0.15, 0.2) is 57.8 Å². The van der Waals surface area contributed by atoms with Crippen molar-refractivity contribution in [2.45, 2.75) is 16.2 Å². The number of fused-ring (bicyclic) bond motifs is 1. The fourth-order valence-corrected chi connectivity index (χ4v) is 5.12. The molecule has 0 saturated carbocycles. The van der Waals surface area contributed by atoms with E-state index in [1.54, 1.807) is 54.2 Å². The van der Waals surface area contributed by atoms with Crippen LogP contribution in [0.3, 0.4) is 0 Å². The van der Waals surface area contributed by atoms with E-state index in [0.717, 1.165) is 20.3 Å². The zero-order valence-corrected chi connectivity index (χ0v) is 14.3. The van der Waals surface area contributed by atoms with Gasteiger partial charge in [-0.25, -0.2) is 13.4 Å². The molecule has 1 N–H and O–H groups in total. The van der Waals surface area contributed by atoms with Crippen molar-refractivity contribution in [2.24, 2.45) is 0 Å². The molecule has 0 aliphatic rings. The molecule has 3 aromatic rings. The number of para-hydroxylation sites is 1. The van der Waals surface area contributed by atoms with Crippen molar-refractivity contribution >= 4 is 49.0 Å². The molecule has 0 fully saturated rings. The predicted octanol–water partition coefficient (Wildman–Crippen LogP) is 4.21. The Labute approximate surface area is 137 Å². The minimum absolute atomic E-state index is 0.251. The molecule has 7 heteroatoms. The highest BCUT2D eigenvalue weighted by Gasteiger charge is 2.16. The van der Waals surface area contributed by atoms with Gasteiger partial charge in [0.1, 0.15) is 0 Å². The van der Waals surface area contributed by atoms with Gasteiger partial charge in [0.05, 0.1) is 15.1 Å². The number of benzene rings is 2. The van der Waals surface area contributed by atoms with Gasteiger partial charge in [-0.2, -0.15) is 0 Å². The fraction of sp³-hybridized carbons (Fsp3) is 0.133. The minimum atomic E-state index is -3.59. The van der Waals surface area contributed by atoms with Crippen LogP contribution in [0.4, 0.5) is 5.69 Å². The summed E-state index contributed by atoms with van der Waals surface area (Å²) in [4.78, 5) is 4.73. The Balaban J connectivity index is 1.94. The van der Waals surface area contributed by atoms with Crippen LogP contribution in [0.1, 0.15) is 6.92 Å². The lowest BCUT2D eigenvalue weighted by molar-refractivity contribution is 0.601. The molecule has 0 amide bonds. The Morgan fingerprint density at radius 2 is 1.95 bits per heavy atom. The summed E-state index contributed by atoms with van der Waals surface area (Å²) in [6.07, 6.45) is 0. The van der Waals surface area contributed by atoms with Crippen LogP contribution in [-0.2, 0) is 10.0 Å². The smallest absolute Gasteiger partial charge is 0.261 e. The topological polar surface area (TPSA) is 59.1 Å². The second kappa shape index (κ2) is 6.28. The van der Waals surface area contributed by atoms with Gasteiger partial charge in [-0.3, -0.25) is 4.72 Å². The summed E-state index contributed by atoms with van der Waals surface area (Å²) < 4.78 is 29.3. The van der Waals surface area contributed by atoms with Gasteiger partial charge >= 0.3 is 0 Å². The molecular weight excluding hydrogens is 336 g/mol. The molecule has 0 radical (unpaired) electrons. The molecule has 1 aromatic heterocycles. The summed E-state index contributed by atoms with van der Waals surface area (Å²) in [5.74, 6) is 0.945. The summed E-state index contributed by atoms with van der Waals surface area (Å²) in [5.41, 5.74) is 1.38. The third-order valence-electron chi connectivity index (χ3n) is 2.94. The zero-order valence-electron chi connectivity index (χ0n) is 11.8. The number of nitrogens with zero attached hydrogens (tertiary/aromatic N) is 1. The summed E-state index contributed by atoms with van der Waals surface area (Å²) >= 11 is 3.18. The van der Waals surface area contributed by atoms with E-state index in [4.69, 9.17) is 0 Å². The lowest BCUT2D eigenvalue weighted by Crippen LogP contribution is -2.12. The standard InChI is InChI=1S/C15H14N2O2S3/c1-2-20-15-16-13-9-8-12(10-14(13)21-15)22(18,19)17-11-6-4-3-5-7-11/h3-10,17H,2H2,1H3. The average Bonchev–Trinajstić information content (AvgIpc) is 2.89. The normalized spacial score (nSPS) is 11.7. The quantitative estimate of drug-likeness (QED) is 0.700. The Morgan fingerprint density at radius 3 is 2.68 bits per heavy atom. The molecule has 22 heavy (non-hydrogen) atoms. The van der Waals surface area contributed by atoms with Crippen molar-refractivity contribution in [3.63, 3.8) is 0 Å². The first-order chi connectivity index (χ1) is 10.6. The van der Waals surface area contributed by atoms with E-state index in [9.17, 15) is 8.42 Å². The van der Waals surface area contributed by atoms with E-state index in [1.807, 2.05) is 6.07 Å². The van der Waals surface area contributed by atoms with Gasteiger partial charge in [-0.15, -0.1) is 11.3 Å². The second-order valence-corrected chi connectivity index (χ2v) is 8.74. The van der Waals surface area contributed by atoms with Crippen molar-refractivity contribution < 1.29 is 8.42 Å². The van der Waals surface area contributed by atoms with Gasteiger partial charge in [0.25, 0.3) is 10.0 Å².